The van der Waals surface area contributed by atoms with Crippen LogP contribution in [0.2, 0.25) is 10.0 Å². The van der Waals surface area contributed by atoms with Crippen LogP contribution in [-0.4, -0.2) is 19.6 Å². The normalized spacial score (nSPS) is 11.5. The third kappa shape index (κ3) is 2.83. The first-order valence-corrected chi connectivity index (χ1v) is 10.0. The average molecular weight is 418 g/mol. The van der Waals surface area contributed by atoms with Crippen molar-refractivity contribution < 1.29 is 0 Å². The maximum Gasteiger partial charge on any atom is 0.250 e. The van der Waals surface area contributed by atoms with Gasteiger partial charge in [-0.1, -0.05) is 46.7 Å². The van der Waals surface area contributed by atoms with E-state index in [2.05, 4.69) is 20.4 Å². The van der Waals surface area contributed by atoms with Crippen LogP contribution in [0.3, 0.4) is 0 Å². The Hall–Kier alpha value is -2.19. The Morgan fingerprint density at radius 2 is 1.77 bits per heavy atom. The van der Waals surface area contributed by atoms with E-state index in [1.165, 1.54) is 22.7 Å². The fourth-order valence-electron chi connectivity index (χ4n) is 2.60. The van der Waals surface area contributed by atoms with Crippen LogP contribution in [-0.2, 0) is 0 Å². The van der Waals surface area contributed by atoms with Crippen LogP contribution in [0.15, 0.2) is 47.8 Å². The smallest absolute Gasteiger partial charge is 0.250 e. The van der Waals surface area contributed by atoms with Gasteiger partial charge in [0.05, 0.1) is 15.9 Å². The van der Waals surface area contributed by atoms with Crippen molar-refractivity contribution in [3.05, 3.63) is 57.9 Å². The highest BCUT2D eigenvalue weighted by Crippen LogP contribution is 2.31. The van der Waals surface area contributed by atoms with Crippen molar-refractivity contribution in [3.63, 3.8) is 0 Å². The summed E-state index contributed by atoms with van der Waals surface area (Å²) in [7, 11) is 0. The molecule has 0 amide bonds. The first-order valence-electron chi connectivity index (χ1n) is 7.59. The van der Waals surface area contributed by atoms with Crippen molar-refractivity contribution in [3.8, 4) is 11.3 Å². The van der Waals surface area contributed by atoms with Gasteiger partial charge in [-0.25, -0.2) is 9.50 Å². The van der Waals surface area contributed by atoms with Gasteiger partial charge in [-0.05, 0) is 30.3 Å². The number of nitrogens with one attached hydrogen (secondary N) is 1. The summed E-state index contributed by atoms with van der Waals surface area (Å²) in [5.74, 6) is 0.511. The lowest BCUT2D eigenvalue weighted by molar-refractivity contribution is 0.988. The molecule has 0 fully saturated rings. The van der Waals surface area contributed by atoms with E-state index in [9.17, 15) is 0 Å². The van der Waals surface area contributed by atoms with E-state index < -0.39 is 0 Å². The largest absolute Gasteiger partial charge is 0.299 e. The van der Waals surface area contributed by atoms with Crippen molar-refractivity contribution in [1.29, 1.82) is 0 Å². The Bertz CT molecular complexity index is 1240. The zero-order valence-corrected chi connectivity index (χ0v) is 16.1. The number of nitrogens with zero attached hydrogens (tertiary/aromatic N) is 4. The van der Waals surface area contributed by atoms with Crippen LogP contribution in [0.1, 0.15) is 0 Å². The quantitative estimate of drug-likeness (QED) is 0.384. The van der Waals surface area contributed by atoms with Crippen LogP contribution < -0.4 is 5.32 Å². The van der Waals surface area contributed by atoms with Gasteiger partial charge in [0, 0.05) is 21.0 Å². The lowest BCUT2D eigenvalue weighted by atomic mass is 10.2. The summed E-state index contributed by atoms with van der Waals surface area (Å²) in [6.07, 6.45) is 0. The number of aromatic nitrogens is 4. The number of benzene rings is 2. The molecule has 5 rings (SSSR count). The number of hydrogen-bond acceptors (Lipinski definition) is 6. The molecular weight excluding hydrogens is 409 g/mol. The molecule has 1 N–H and O–H groups in total. The Balaban J connectivity index is 1.50. The summed E-state index contributed by atoms with van der Waals surface area (Å²) in [6, 6.07) is 13.3. The third-order valence-corrected chi connectivity index (χ3v) is 6.03. The molecule has 5 nitrogen and oxygen atoms in total. The molecule has 9 heteroatoms. The number of halogens is 2. The van der Waals surface area contributed by atoms with Gasteiger partial charge in [0.25, 0.3) is 0 Å². The summed E-state index contributed by atoms with van der Waals surface area (Å²) in [4.78, 5) is 9.88. The van der Waals surface area contributed by atoms with Gasteiger partial charge in [0.1, 0.15) is 0 Å². The lowest BCUT2D eigenvalue weighted by Gasteiger charge is -1.99. The fraction of sp³-hybridized carbons (Fsp3) is 0. The molecule has 3 aromatic heterocycles. The van der Waals surface area contributed by atoms with Crippen molar-refractivity contribution >= 4 is 72.1 Å². The first-order chi connectivity index (χ1) is 12.7. The topological polar surface area (TPSA) is 55.1 Å². The number of anilines is 2. The van der Waals surface area contributed by atoms with Gasteiger partial charge in [-0.15, -0.1) is 16.4 Å². The van der Waals surface area contributed by atoms with Gasteiger partial charge in [-0.2, -0.15) is 4.98 Å². The summed E-state index contributed by atoms with van der Waals surface area (Å²) >= 11 is 15.1. The minimum absolute atomic E-state index is 0.511. The fourth-order valence-corrected chi connectivity index (χ4v) is 4.69. The summed E-state index contributed by atoms with van der Waals surface area (Å²) in [6.45, 7) is 0. The molecular formula is C17H9Cl2N5S2. The van der Waals surface area contributed by atoms with Crippen molar-refractivity contribution in [2.75, 3.05) is 5.32 Å². The summed E-state index contributed by atoms with van der Waals surface area (Å²) in [5, 5.41) is 11.9. The molecule has 0 unspecified atom stereocenters. The average Bonchev–Trinajstić information content (AvgIpc) is 3.29. The second-order valence-electron chi connectivity index (χ2n) is 5.51. The SMILES string of the molecule is Clc1ccc(-c2csc3nc(Nc4nc5ccc(Cl)cc5s4)nn23)cc1. The zero-order valence-electron chi connectivity index (χ0n) is 13.0. The van der Waals surface area contributed by atoms with E-state index in [1.54, 1.807) is 0 Å². The van der Waals surface area contributed by atoms with E-state index in [0.29, 0.717) is 16.0 Å². The zero-order chi connectivity index (χ0) is 17.7. The molecule has 0 saturated heterocycles. The van der Waals surface area contributed by atoms with Crippen LogP contribution in [0, 0.1) is 0 Å². The van der Waals surface area contributed by atoms with E-state index in [1.807, 2.05) is 52.4 Å². The molecule has 0 aliphatic heterocycles. The van der Waals surface area contributed by atoms with E-state index in [4.69, 9.17) is 23.2 Å². The highest BCUT2D eigenvalue weighted by atomic mass is 35.5. The molecule has 26 heavy (non-hydrogen) atoms. The Kier molecular flexibility index (Phi) is 3.82. The van der Waals surface area contributed by atoms with Crippen molar-refractivity contribution in [1.82, 2.24) is 19.6 Å². The highest BCUT2D eigenvalue weighted by molar-refractivity contribution is 7.22. The first kappa shape index (κ1) is 16.0. The number of thiazole rings is 2. The van der Waals surface area contributed by atoms with Gasteiger partial charge in [0.2, 0.25) is 10.9 Å². The predicted octanol–water partition coefficient (Wildman–Crippen LogP) is 6.12. The van der Waals surface area contributed by atoms with Crippen LogP contribution in [0.4, 0.5) is 11.1 Å². The third-order valence-electron chi connectivity index (χ3n) is 3.79. The maximum atomic E-state index is 6.04. The van der Waals surface area contributed by atoms with Crippen LogP contribution in [0.25, 0.3) is 26.4 Å². The van der Waals surface area contributed by atoms with Crippen molar-refractivity contribution in [2.45, 2.75) is 0 Å². The second kappa shape index (κ2) is 6.21. The summed E-state index contributed by atoms with van der Waals surface area (Å²) < 4.78 is 2.84. The Labute approximate surface area is 165 Å². The second-order valence-corrected chi connectivity index (χ2v) is 8.25. The van der Waals surface area contributed by atoms with Gasteiger partial charge in [0.15, 0.2) is 5.13 Å². The van der Waals surface area contributed by atoms with E-state index >= 15 is 0 Å². The van der Waals surface area contributed by atoms with Crippen LogP contribution >= 0.6 is 45.9 Å². The van der Waals surface area contributed by atoms with E-state index in [-0.39, 0.29) is 0 Å². The molecule has 0 aliphatic rings. The van der Waals surface area contributed by atoms with Gasteiger partial charge in [-0.3, -0.25) is 5.32 Å². The Morgan fingerprint density at radius 3 is 2.62 bits per heavy atom. The molecule has 0 aliphatic carbocycles. The molecule has 0 bridgehead atoms. The minimum Gasteiger partial charge on any atom is -0.299 e. The molecule has 5 aromatic rings. The number of rotatable bonds is 3. The predicted molar refractivity (Wildman–Crippen MR) is 109 cm³/mol. The van der Waals surface area contributed by atoms with E-state index in [0.717, 1.165) is 31.6 Å². The van der Waals surface area contributed by atoms with Gasteiger partial charge >= 0.3 is 0 Å². The van der Waals surface area contributed by atoms with Crippen LogP contribution in [0.5, 0.6) is 0 Å². The Morgan fingerprint density at radius 1 is 0.962 bits per heavy atom. The molecule has 0 radical (unpaired) electrons. The summed E-state index contributed by atoms with van der Waals surface area (Å²) in [5.41, 5.74) is 2.90. The molecule has 3 heterocycles. The van der Waals surface area contributed by atoms with Crippen molar-refractivity contribution in [2.24, 2.45) is 0 Å². The minimum atomic E-state index is 0.511. The molecule has 0 atom stereocenters. The lowest BCUT2D eigenvalue weighted by Crippen LogP contribution is -1.93. The molecule has 2 aromatic carbocycles. The standard InChI is InChI=1S/C17H9Cl2N5S2/c18-10-3-1-9(2-4-10)13-8-25-17-22-15(23-24(13)17)21-16-20-12-6-5-11(19)7-14(12)26-16/h1-8H,(H,20,21,23). The highest BCUT2D eigenvalue weighted by Gasteiger charge is 2.13. The molecule has 128 valence electrons. The van der Waals surface area contributed by atoms with Gasteiger partial charge < -0.3 is 0 Å². The number of fused-ring (bicyclic) bond motifs is 2. The monoisotopic (exact) mass is 417 g/mol. The number of hydrogen-bond donors (Lipinski definition) is 1. The maximum absolute atomic E-state index is 6.04. The molecule has 0 spiro atoms. The molecule has 0 saturated carbocycles.